The number of nitrogens with zero attached hydrogens (tertiary/aromatic N) is 2. The molecular weight excluding hydrogens is 400 g/mol. The van der Waals surface area contributed by atoms with Crippen molar-refractivity contribution in [1.82, 2.24) is 15.6 Å². The molecular formula is C21H24N6O4. The molecule has 0 bridgehead atoms. The molecule has 0 saturated carbocycles. The number of aryl methyl sites for hydroxylation is 1. The molecule has 10 heteroatoms. The van der Waals surface area contributed by atoms with E-state index in [4.69, 9.17) is 4.74 Å². The molecule has 2 amide bonds. The molecule has 0 saturated heterocycles. The maximum absolute atomic E-state index is 12.4. The van der Waals surface area contributed by atoms with E-state index in [2.05, 4.69) is 37.1 Å². The van der Waals surface area contributed by atoms with E-state index in [9.17, 15) is 14.9 Å². The predicted octanol–water partition coefficient (Wildman–Crippen LogP) is 2.03. The van der Waals surface area contributed by atoms with Crippen molar-refractivity contribution in [1.29, 1.82) is 5.26 Å². The molecule has 0 radical (unpaired) electrons. The van der Waals surface area contributed by atoms with E-state index in [1.165, 1.54) is 14.2 Å². The van der Waals surface area contributed by atoms with Crippen molar-refractivity contribution in [2.75, 3.05) is 38.0 Å². The maximum Gasteiger partial charge on any atom is 0.407 e. The van der Waals surface area contributed by atoms with Crippen LogP contribution in [-0.4, -0.2) is 50.4 Å². The van der Waals surface area contributed by atoms with Crippen LogP contribution < -0.4 is 21.3 Å². The van der Waals surface area contributed by atoms with E-state index in [0.29, 0.717) is 22.8 Å². The van der Waals surface area contributed by atoms with Crippen LogP contribution in [0.2, 0.25) is 0 Å². The van der Waals surface area contributed by atoms with E-state index < -0.39 is 12.1 Å². The number of carbonyl (C=O) groups is 2. The molecule has 10 nitrogen and oxygen atoms in total. The molecule has 4 N–H and O–H groups in total. The summed E-state index contributed by atoms with van der Waals surface area (Å²) in [7, 11) is 2.79. The van der Waals surface area contributed by atoms with Gasteiger partial charge < -0.3 is 30.7 Å². The number of anilines is 3. The quantitative estimate of drug-likeness (QED) is 0.505. The van der Waals surface area contributed by atoms with Crippen molar-refractivity contribution in [3.8, 4) is 6.07 Å². The van der Waals surface area contributed by atoms with Gasteiger partial charge in [-0.1, -0.05) is 12.1 Å². The van der Waals surface area contributed by atoms with Crippen LogP contribution in [0.4, 0.5) is 22.1 Å². The van der Waals surface area contributed by atoms with E-state index >= 15 is 0 Å². The van der Waals surface area contributed by atoms with E-state index in [-0.39, 0.29) is 31.2 Å². The topological polar surface area (TPSA) is 137 Å². The Balaban J connectivity index is 1.93. The Morgan fingerprint density at radius 3 is 2.84 bits per heavy atom. The Bertz CT molecular complexity index is 1030. The van der Waals surface area contributed by atoms with Crippen LogP contribution in [0, 0.1) is 18.3 Å². The fourth-order valence-corrected chi connectivity index (χ4v) is 3.31. The molecule has 162 valence electrons. The van der Waals surface area contributed by atoms with Crippen molar-refractivity contribution in [2.24, 2.45) is 0 Å². The van der Waals surface area contributed by atoms with Gasteiger partial charge >= 0.3 is 6.09 Å². The number of benzene rings is 1. The molecule has 0 aliphatic carbocycles. The number of pyridine rings is 1. The number of fused-ring (bicyclic) bond motifs is 1. The summed E-state index contributed by atoms with van der Waals surface area (Å²) >= 11 is 0. The van der Waals surface area contributed by atoms with Gasteiger partial charge in [0.25, 0.3) is 5.91 Å². The van der Waals surface area contributed by atoms with Crippen molar-refractivity contribution in [2.45, 2.75) is 19.5 Å². The molecule has 1 aliphatic rings. The third-order valence-corrected chi connectivity index (χ3v) is 4.74. The molecule has 0 fully saturated rings. The minimum Gasteiger partial charge on any atom is -0.453 e. The van der Waals surface area contributed by atoms with Gasteiger partial charge in [-0.25, -0.2) is 9.78 Å². The Morgan fingerprint density at radius 1 is 1.35 bits per heavy atom. The summed E-state index contributed by atoms with van der Waals surface area (Å²) in [5.41, 5.74) is 3.02. The Labute approximate surface area is 179 Å². The highest BCUT2D eigenvalue weighted by molar-refractivity contribution is 6.04. The van der Waals surface area contributed by atoms with E-state index in [0.717, 1.165) is 11.3 Å². The molecule has 0 spiro atoms. The van der Waals surface area contributed by atoms with Crippen molar-refractivity contribution >= 4 is 29.3 Å². The first-order valence-electron chi connectivity index (χ1n) is 9.63. The second-order valence-electron chi connectivity index (χ2n) is 7.00. The van der Waals surface area contributed by atoms with Gasteiger partial charge in [-0.3, -0.25) is 4.79 Å². The SMILES string of the molecule is COC[C@@H](CNc1nc(Nc2cccc(C)c2)c2c(c1C#N)CNC2=O)NC(=O)OC. The summed E-state index contributed by atoms with van der Waals surface area (Å²) in [4.78, 5) is 28.5. The molecule has 3 rings (SSSR count). The lowest BCUT2D eigenvalue weighted by Crippen LogP contribution is -2.42. The average Bonchev–Trinajstić information content (AvgIpc) is 3.14. The van der Waals surface area contributed by atoms with E-state index in [1.54, 1.807) is 0 Å². The first-order valence-corrected chi connectivity index (χ1v) is 9.63. The van der Waals surface area contributed by atoms with Crippen LogP contribution in [0.5, 0.6) is 0 Å². The van der Waals surface area contributed by atoms with Gasteiger partial charge in [0.2, 0.25) is 0 Å². The van der Waals surface area contributed by atoms with Gasteiger partial charge in [-0.2, -0.15) is 5.26 Å². The molecule has 2 aromatic rings. The predicted molar refractivity (Wildman–Crippen MR) is 114 cm³/mol. The zero-order valence-corrected chi connectivity index (χ0v) is 17.5. The zero-order chi connectivity index (χ0) is 22.4. The van der Waals surface area contributed by atoms with Crippen LogP contribution >= 0.6 is 0 Å². The number of alkyl carbamates (subject to hydrolysis) is 1. The molecule has 1 atom stereocenters. The Kier molecular flexibility index (Phi) is 6.89. The van der Waals surface area contributed by atoms with Gasteiger partial charge in [0.1, 0.15) is 23.3 Å². The lowest BCUT2D eigenvalue weighted by atomic mass is 10.0. The normalized spacial score (nSPS) is 12.9. The number of nitriles is 1. The van der Waals surface area contributed by atoms with Crippen LogP contribution in [0.1, 0.15) is 27.0 Å². The first-order chi connectivity index (χ1) is 15.0. The molecule has 31 heavy (non-hydrogen) atoms. The first kappa shape index (κ1) is 21.9. The highest BCUT2D eigenvalue weighted by atomic mass is 16.5. The number of aromatic nitrogens is 1. The maximum atomic E-state index is 12.4. The smallest absolute Gasteiger partial charge is 0.407 e. The number of hydrogen-bond acceptors (Lipinski definition) is 8. The number of methoxy groups -OCH3 is 2. The largest absolute Gasteiger partial charge is 0.453 e. The van der Waals surface area contributed by atoms with Crippen LogP contribution in [-0.2, 0) is 16.0 Å². The van der Waals surface area contributed by atoms with Crippen molar-refractivity contribution in [3.05, 3.63) is 46.5 Å². The third kappa shape index (κ3) is 5.02. The standard InChI is InChI=1S/C21H24N6O4/c1-12-5-4-6-13(7-12)25-19-17-16(10-24-20(17)28)15(8-22)18(27-19)23-9-14(11-30-2)26-21(29)31-3/h4-7,14H,9-11H2,1-3H3,(H,24,28)(H,26,29)(H2,23,25,27)/t14-/m1/s1. The molecule has 1 aromatic heterocycles. The second kappa shape index (κ2) is 9.77. The van der Waals surface area contributed by atoms with Crippen LogP contribution in [0.25, 0.3) is 0 Å². The third-order valence-electron chi connectivity index (χ3n) is 4.74. The van der Waals surface area contributed by atoms with E-state index in [1.807, 2.05) is 31.2 Å². The minimum absolute atomic E-state index is 0.226. The average molecular weight is 424 g/mol. The van der Waals surface area contributed by atoms with Crippen LogP contribution in [0.15, 0.2) is 24.3 Å². The number of hydrogen-bond donors (Lipinski definition) is 4. The van der Waals surface area contributed by atoms with Gasteiger partial charge in [0.15, 0.2) is 0 Å². The summed E-state index contributed by atoms with van der Waals surface area (Å²) < 4.78 is 9.77. The Morgan fingerprint density at radius 2 is 2.16 bits per heavy atom. The number of ether oxygens (including phenoxy) is 2. The highest BCUT2D eigenvalue weighted by Crippen LogP contribution is 2.32. The van der Waals surface area contributed by atoms with Crippen LogP contribution in [0.3, 0.4) is 0 Å². The number of amides is 2. The summed E-state index contributed by atoms with van der Waals surface area (Å²) in [6.45, 7) is 2.66. The lowest BCUT2D eigenvalue weighted by molar-refractivity contribution is 0.0966. The van der Waals surface area contributed by atoms with Crippen molar-refractivity contribution in [3.63, 3.8) is 0 Å². The fraction of sp³-hybridized carbons (Fsp3) is 0.333. The number of carbonyl (C=O) groups excluding carboxylic acids is 2. The second-order valence-corrected chi connectivity index (χ2v) is 7.00. The summed E-state index contributed by atoms with van der Waals surface area (Å²) in [6.07, 6.45) is -0.595. The van der Waals surface area contributed by atoms with Crippen molar-refractivity contribution < 1.29 is 19.1 Å². The monoisotopic (exact) mass is 424 g/mol. The molecule has 1 aromatic carbocycles. The summed E-state index contributed by atoms with van der Waals surface area (Å²) in [6, 6.07) is 9.37. The van der Waals surface area contributed by atoms with Gasteiger partial charge in [0.05, 0.1) is 25.3 Å². The highest BCUT2D eigenvalue weighted by Gasteiger charge is 2.29. The molecule has 1 aliphatic heterocycles. The molecule has 2 heterocycles. The number of nitrogens with one attached hydrogen (secondary N) is 4. The molecule has 0 unspecified atom stereocenters. The fourth-order valence-electron chi connectivity index (χ4n) is 3.31. The summed E-state index contributed by atoms with van der Waals surface area (Å²) in [5.74, 6) is 0.368. The minimum atomic E-state index is -0.595. The Hall–Kier alpha value is -3.84. The van der Waals surface area contributed by atoms with Gasteiger partial charge in [-0.05, 0) is 24.6 Å². The number of rotatable bonds is 8. The summed E-state index contributed by atoms with van der Waals surface area (Å²) in [5, 5.41) is 21.4. The lowest BCUT2D eigenvalue weighted by Gasteiger charge is -2.20. The zero-order valence-electron chi connectivity index (χ0n) is 17.5. The van der Waals surface area contributed by atoms with Gasteiger partial charge in [0, 0.05) is 31.5 Å². The van der Waals surface area contributed by atoms with Gasteiger partial charge in [-0.15, -0.1) is 0 Å².